The summed E-state index contributed by atoms with van der Waals surface area (Å²) in [5.41, 5.74) is 1.88. The predicted octanol–water partition coefficient (Wildman–Crippen LogP) is 4.22. The number of esters is 1. The van der Waals surface area contributed by atoms with Crippen LogP contribution in [-0.4, -0.2) is 20.2 Å². The van der Waals surface area contributed by atoms with Crippen LogP contribution in [0.15, 0.2) is 53.0 Å². The maximum Gasteiger partial charge on any atom is 0.330 e. The van der Waals surface area contributed by atoms with Crippen molar-refractivity contribution in [2.45, 2.75) is 6.61 Å². The van der Waals surface area contributed by atoms with Crippen LogP contribution in [0.4, 0.5) is 0 Å². The number of hydrogen-bond acceptors (Lipinski definition) is 4. The molecule has 0 bridgehead atoms. The molecule has 5 heteroatoms. The lowest BCUT2D eigenvalue weighted by Gasteiger charge is -2.11. The summed E-state index contributed by atoms with van der Waals surface area (Å²) in [6.45, 7) is 0.445. The van der Waals surface area contributed by atoms with Crippen molar-refractivity contribution in [3.8, 4) is 11.5 Å². The highest BCUT2D eigenvalue weighted by Gasteiger charge is 2.06. The summed E-state index contributed by atoms with van der Waals surface area (Å²) < 4.78 is 16.7. The van der Waals surface area contributed by atoms with Gasteiger partial charge in [0.25, 0.3) is 0 Å². The molecule has 120 valence electrons. The first-order valence-electron chi connectivity index (χ1n) is 6.93. The molecule has 0 aliphatic heterocycles. The van der Waals surface area contributed by atoms with Crippen LogP contribution < -0.4 is 9.47 Å². The molecule has 0 radical (unpaired) electrons. The zero-order chi connectivity index (χ0) is 16.7. The summed E-state index contributed by atoms with van der Waals surface area (Å²) in [7, 11) is 2.92. The molecule has 0 amide bonds. The Bertz CT molecular complexity index is 693. The SMILES string of the molecule is COC(=O)/C=C\c1ccc(OCc2ccc(Br)cc2)c(OC)c1. The number of carbonyl (C=O) groups excluding carboxylic acids is 1. The first-order chi connectivity index (χ1) is 11.1. The third-order valence-corrected chi connectivity index (χ3v) is 3.64. The van der Waals surface area contributed by atoms with E-state index < -0.39 is 5.97 Å². The molecule has 0 aliphatic carbocycles. The van der Waals surface area contributed by atoms with Crippen LogP contribution in [0.1, 0.15) is 11.1 Å². The predicted molar refractivity (Wildman–Crippen MR) is 92.5 cm³/mol. The number of carbonyl (C=O) groups is 1. The van der Waals surface area contributed by atoms with Crippen LogP contribution in [0.3, 0.4) is 0 Å². The van der Waals surface area contributed by atoms with Crippen LogP contribution in [0, 0.1) is 0 Å². The Kier molecular flexibility index (Phi) is 6.23. The fourth-order valence-corrected chi connectivity index (χ4v) is 2.15. The van der Waals surface area contributed by atoms with Crippen molar-refractivity contribution in [2.24, 2.45) is 0 Å². The minimum atomic E-state index is -0.403. The Hall–Kier alpha value is -2.27. The Labute approximate surface area is 143 Å². The highest BCUT2D eigenvalue weighted by Crippen LogP contribution is 2.29. The van der Waals surface area contributed by atoms with Gasteiger partial charge in [-0.05, 0) is 41.5 Å². The molecule has 0 N–H and O–H groups in total. The van der Waals surface area contributed by atoms with Gasteiger partial charge < -0.3 is 14.2 Å². The van der Waals surface area contributed by atoms with E-state index in [1.54, 1.807) is 19.3 Å². The molecule has 2 aromatic rings. The molecule has 0 unspecified atom stereocenters. The average Bonchev–Trinajstić information content (AvgIpc) is 2.59. The topological polar surface area (TPSA) is 44.8 Å². The van der Waals surface area contributed by atoms with Crippen LogP contribution in [0.5, 0.6) is 11.5 Å². The van der Waals surface area contributed by atoms with Crippen molar-refractivity contribution in [1.82, 2.24) is 0 Å². The molecule has 0 fully saturated rings. The van der Waals surface area contributed by atoms with Gasteiger partial charge in [-0.3, -0.25) is 0 Å². The normalized spacial score (nSPS) is 10.6. The summed E-state index contributed by atoms with van der Waals surface area (Å²) in [6.07, 6.45) is 3.02. The van der Waals surface area contributed by atoms with E-state index in [0.29, 0.717) is 18.1 Å². The zero-order valence-corrected chi connectivity index (χ0v) is 14.5. The van der Waals surface area contributed by atoms with E-state index in [0.717, 1.165) is 15.6 Å². The summed E-state index contributed by atoms with van der Waals surface area (Å²) in [5.74, 6) is 0.847. The molecule has 0 spiro atoms. The molecule has 23 heavy (non-hydrogen) atoms. The molecule has 0 saturated carbocycles. The van der Waals surface area contributed by atoms with E-state index in [-0.39, 0.29) is 0 Å². The van der Waals surface area contributed by atoms with Crippen molar-refractivity contribution in [2.75, 3.05) is 14.2 Å². The van der Waals surface area contributed by atoms with Gasteiger partial charge in [0.05, 0.1) is 14.2 Å². The summed E-state index contributed by atoms with van der Waals surface area (Å²) in [4.78, 5) is 11.1. The lowest BCUT2D eigenvalue weighted by atomic mass is 10.2. The fourth-order valence-electron chi connectivity index (χ4n) is 1.88. The van der Waals surface area contributed by atoms with Crippen molar-refractivity contribution in [3.05, 3.63) is 64.1 Å². The lowest BCUT2D eigenvalue weighted by Crippen LogP contribution is -1.98. The monoisotopic (exact) mass is 376 g/mol. The van der Waals surface area contributed by atoms with Crippen LogP contribution in [0.2, 0.25) is 0 Å². The summed E-state index contributed by atoms with van der Waals surface area (Å²) >= 11 is 3.40. The molecule has 4 nitrogen and oxygen atoms in total. The van der Waals surface area contributed by atoms with Gasteiger partial charge in [0.2, 0.25) is 0 Å². The van der Waals surface area contributed by atoms with Gasteiger partial charge in [0.15, 0.2) is 11.5 Å². The third-order valence-electron chi connectivity index (χ3n) is 3.11. The summed E-state index contributed by atoms with van der Waals surface area (Å²) in [5, 5.41) is 0. The number of halogens is 1. The van der Waals surface area contributed by atoms with Crippen molar-refractivity contribution in [1.29, 1.82) is 0 Å². The van der Waals surface area contributed by atoms with Gasteiger partial charge >= 0.3 is 5.97 Å². The Morgan fingerprint density at radius 2 is 1.83 bits per heavy atom. The third kappa shape index (κ3) is 5.14. The quantitative estimate of drug-likeness (QED) is 0.559. The van der Waals surface area contributed by atoms with Crippen molar-refractivity contribution < 1.29 is 19.0 Å². The molecular weight excluding hydrogens is 360 g/mol. The number of rotatable bonds is 6. The Morgan fingerprint density at radius 3 is 2.48 bits per heavy atom. The van der Waals surface area contributed by atoms with Gasteiger partial charge in [-0.2, -0.15) is 0 Å². The van der Waals surface area contributed by atoms with Gasteiger partial charge in [-0.15, -0.1) is 0 Å². The van der Waals surface area contributed by atoms with Gasteiger partial charge in [-0.25, -0.2) is 4.79 Å². The van der Waals surface area contributed by atoms with Crippen molar-refractivity contribution >= 4 is 28.0 Å². The molecule has 2 rings (SSSR count). The van der Waals surface area contributed by atoms with E-state index in [2.05, 4.69) is 20.7 Å². The molecule has 2 aromatic carbocycles. The second kappa shape index (κ2) is 8.39. The Morgan fingerprint density at radius 1 is 1.09 bits per heavy atom. The van der Waals surface area contributed by atoms with E-state index in [4.69, 9.17) is 9.47 Å². The molecule has 0 atom stereocenters. The van der Waals surface area contributed by atoms with Crippen LogP contribution in [0.25, 0.3) is 6.08 Å². The highest BCUT2D eigenvalue weighted by molar-refractivity contribution is 9.10. The maximum absolute atomic E-state index is 11.1. The zero-order valence-electron chi connectivity index (χ0n) is 12.9. The minimum absolute atomic E-state index is 0.403. The molecule has 0 aromatic heterocycles. The van der Waals surface area contributed by atoms with Gasteiger partial charge in [0, 0.05) is 10.5 Å². The van der Waals surface area contributed by atoms with E-state index in [1.165, 1.54) is 13.2 Å². The molecule has 0 heterocycles. The Balaban J connectivity index is 2.08. The van der Waals surface area contributed by atoms with Gasteiger partial charge in [0.1, 0.15) is 6.61 Å². The highest BCUT2D eigenvalue weighted by atomic mass is 79.9. The smallest absolute Gasteiger partial charge is 0.330 e. The molecular formula is C18H17BrO4. The second-order valence-electron chi connectivity index (χ2n) is 4.68. The largest absolute Gasteiger partial charge is 0.493 e. The van der Waals surface area contributed by atoms with Gasteiger partial charge in [-0.1, -0.05) is 34.1 Å². The molecule has 0 aliphatic rings. The fraction of sp³-hybridized carbons (Fsp3) is 0.167. The van der Waals surface area contributed by atoms with E-state index >= 15 is 0 Å². The standard InChI is InChI=1S/C18H17BrO4/c1-21-17-11-13(6-10-18(20)22-2)5-9-16(17)23-12-14-3-7-15(19)8-4-14/h3-11H,12H2,1-2H3/b10-6-. The van der Waals surface area contributed by atoms with Crippen molar-refractivity contribution in [3.63, 3.8) is 0 Å². The lowest BCUT2D eigenvalue weighted by molar-refractivity contribution is -0.134. The number of benzene rings is 2. The van der Waals surface area contributed by atoms with E-state index in [1.807, 2.05) is 36.4 Å². The first kappa shape index (κ1) is 17.1. The van der Waals surface area contributed by atoms with Crippen LogP contribution in [-0.2, 0) is 16.1 Å². The average molecular weight is 377 g/mol. The number of ether oxygens (including phenoxy) is 3. The number of hydrogen-bond donors (Lipinski definition) is 0. The first-order valence-corrected chi connectivity index (χ1v) is 7.73. The van der Waals surface area contributed by atoms with E-state index in [9.17, 15) is 4.79 Å². The maximum atomic E-state index is 11.1. The summed E-state index contributed by atoms with van der Waals surface area (Å²) in [6, 6.07) is 13.4. The second-order valence-corrected chi connectivity index (χ2v) is 5.60. The van der Waals surface area contributed by atoms with Crippen LogP contribution >= 0.6 is 15.9 Å². The minimum Gasteiger partial charge on any atom is -0.493 e. The molecule has 0 saturated heterocycles. The number of methoxy groups -OCH3 is 2.